The van der Waals surface area contributed by atoms with Crippen molar-refractivity contribution >= 4 is 29.9 Å². The Morgan fingerprint density at radius 3 is 2.64 bits per heavy atom. The second-order valence-electron chi connectivity index (χ2n) is 6.51. The van der Waals surface area contributed by atoms with Gasteiger partial charge in [-0.25, -0.2) is 4.98 Å². The molecule has 0 aliphatic heterocycles. The van der Waals surface area contributed by atoms with Crippen LogP contribution >= 0.6 is 24.0 Å². The van der Waals surface area contributed by atoms with Crippen LogP contribution in [0.1, 0.15) is 31.2 Å². The lowest BCUT2D eigenvalue weighted by Crippen LogP contribution is -2.39. The van der Waals surface area contributed by atoms with E-state index in [0.29, 0.717) is 25.8 Å². The highest BCUT2D eigenvalue weighted by Gasteiger charge is 2.18. The Morgan fingerprint density at radius 2 is 1.89 bits per heavy atom. The van der Waals surface area contributed by atoms with E-state index in [9.17, 15) is 0 Å². The van der Waals surface area contributed by atoms with Gasteiger partial charge < -0.3 is 20.1 Å². The average Bonchev–Trinajstić information content (AvgIpc) is 3.22. The van der Waals surface area contributed by atoms with E-state index in [4.69, 9.17) is 9.47 Å². The summed E-state index contributed by atoms with van der Waals surface area (Å²) < 4.78 is 11.8. The summed E-state index contributed by atoms with van der Waals surface area (Å²) in [4.78, 5) is 8.67. The van der Waals surface area contributed by atoms with Gasteiger partial charge in [0.2, 0.25) is 5.88 Å². The predicted molar refractivity (Wildman–Crippen MR) is 123 cm³/mol. The van der Waals surface area contributed by atoms with Crippen LogP contribution in [0.25, 0.3) is 0 Å². The molecule has 1 aromatic heterocycles. The van der Waals surface area contributed by atoms with Crippen LogP contribution in [0, 0.1) is 0 Å². The Hall–Kier alpha value is -2.03. The molecular formula is C21H29IN4O2. The predicted octanol–water partition coefficient (Wildman–Crippen LogP) is 3.77. The number of hydrogen-bond donors (Lipinski definition) is 2. The van der Waals surface area contributed by atoms with Crippen molar-refractivity contribution in [1.29, 1.82) is 0 Å². The summed E-state index contributed by atoms with van der Waals surface area (Å²) in [6.45, 7) is 1.83. The van der Waals surface area contributed by atoms with Crippen LogP contribution < -0.4 is 20.1 Å². The van der Waals surface area contributed by atoms with Gasteiger partial charge in [0.05, 0.1) is 6.54 Å². The number of nitrogens with zero attached hydrogens (tertiary/aromatic N) is 2. The molecule has 2 aromatic rings. The molecule has 1 heterocycles. The molecule has 2 N–H and O–H groups in total. The summed E-state index contributed by atoms with van der Waals surface area (Å²) in [6, 6.07) is 13.8. The Labute approximate surface area is 184 Å². The Bertz CT molecular complexity index is 721. The van der Waals surface area contributed by atoms with Gasteiger partial charge in [0, 0.05) is 25.4 Å². The maximum Gasteiger partial charge on any atom is 0.218 e. The van der Waals surface area contributed by atoms with Crippen LogP contribution in [0.5, 0.6) is 11.6 Å². The molecule has 0 radical (unpaired) electrons. The zero-order valence-electron chi connectivity index (χ0n) is 16.3. The van der Waals surface area contributed by atoms with Gasteiger partial charge in [-0.1, -0.05) is 24.3 Å². The fourth-order valence-corrected chi connectivity index (χ4v) is 3.08. The number of guanidine groups is 1. The highest BCUT2D eigenvalue weighted by molar-refractivity contribution is 14.0. The Balaban J connectivity index is 0.00000280. The van der Waals surface area contributed by atoms with Crippen LogP contribution in [0.4, 0.5) is 0 Å². The Morgan fingerprint density at radius 1 is 1.11 bits per heavy atom. The van der Waals surface area contributed by atoms with Crippen molar-refractivity contribution in [3.8, 4) is 11.6 Å². The molecule has 3 rings (SSSR count). The average molecular weight is 496 g/mol. The van der Waals surface area contributed by atoms with Crippen LogP contribution in [0.3, 0.4) is 0 Å². The number of ether oxygens (including phenoxy) is 2. The number of aromatic nitrogens is 1. The van der Waals surface area contributed by atoms with E-state index < -0.39 is 0 Å². The quantitative estimate of drug-likeness (QED) is 0.252. The van der Waals surface area contributed by atoms with E-state index in [1.54, 1.807) is 13.2 Å². The second kappa shape index (κ2) is 12.4. The molecule has 0 unspecified atom stereocenters. The number of para-hydroxylation sites is 1. The molecule has 7 heteroatoms. The first kappa shape index (κ1) is 22.3. The van der Waals surface area contributed by atoms with Crippen molar-refractivity contribution in [2.75, 3.05) is 20.2 Å². The van der Waals surface area contributed by atoms with Crippen molar-refractivity contribution < 1.29 is 9.47 Å². The topological polar surface area (TPSA) is 67.8 Å². The molecule has 28 heavy (non-hydrogen) atoms. The first-order valence-electron chi connectivity index (χ1n) is 9.58. The van der Waals surface area contributed by atoms with Crippen molar-refractivity contribution in [3.05, 3.63) is 54.2 Å². The van der Waals surface area contributed by atoms with Crippen molar-refractivity contribution in [3.63, 3.8) is 0 Å². The highest BCUT2D eigenvalue weighted by atomic mass is 127. The summed E-state index contributed by atoms with van der Waals surface area (Å²) >= 11 is 0. The summed E-state index contributed by atoms with van der Waals surface area (Å²) in [5.41, 5.74) is 1.04. The van der Waals surface area contributed by atoms with Gasteiger partial charge in [0.1, 0.15) is 18.5 Å². The lowest BCUT2D eigenvalue weighted by atomic mass is 10.2. The van der Waals surface area contributed by atoms with E-state index in [1.165, 1.54) is 12.8 Å². The maximum absolute atomic E-state index is 6.09. The van der Waals surface area contributed by atoms with Gasteiger partial charge in [-0.3, -0.25) is 4.99 Å². The third kappa shape index (κ3) is 7.18. The summed E-state index contributed by atoms with van der Waals surface area (Å²) in [5, 5.41) is 6.57. The van der Waals surface area contributed by atoms with E-state index in [2.05, 4.69) is 20.6 Å². The smallest absolute Gasteiger partial charge is 0.218 e. The molecule has 0 bridgehead atoms. The highest BCUT2D eigenvalue weighted by Crippen LogP contribution is 2.24. The second-order valence-corrected chi connectivity index (χ2v) is 6.51. The molecule has 1 aliphatic rings. The molecule has 0 atom stereocenters. The van der Waals surface area contributed by atoms with Crippen molar-refractivity contribution in [2.45, 2.75) is 38.3 Å². The summed E-state index contributed by atoms with van der Waals surface area (Å²) in [6.07, 6.45) is 6.80. The lowest BCUT2D eigenvalue weighted by molar-refractivity contribution is 0.199. The molecule has 0 spiro atoms. The normalized spacial score (nSPS) is 14.2. The number of pyridine rings is 1. The van der Waals surface area contributed by atoms with Gasteiger partial charge in [-0.2, -0.15) is 0 Å². The third-order valence-corrected chi connectivity index (χ3v) is 4.51. The Kier molecular flexibility index (Phi) is 9.88. The monoisotopic (exact) mass is 496 g/mol. The number of aliphatic imine (C=N–C) groups is 1. The molecule has 1 saturated carbocycles. The number of nitrogens with one attached hydrogen (secondary N) is 2. The number of benzene rings is 1. The van der Waals surface area contributed by atoms with E-state index >= 15 is 0 Å². The summed E-state index contributed by atoms with van der Waals surface area (Å²) in [5.74, 6) is 2.31. The fraction of sp³-hybridized carbons (Fsp3) is 0.429. The van der Waals surface area contributed by atoms with Gasteiger partial charge in [-0.05, 0) is 43.9 Å². The van der Waals surface area contributed by atoms with Crippen molar-refractivity contribution in [2.24, 2.45) is 4.99 Å². The number of rotatable bonds is 8. The molecule has 0 saturated heterocycles. The minimum Gasteiger partial charge on any atom is -0.492 e. The van der Waals surface area contributed by atoms with E-state index in [1.807, 2.05) is 42.5 Å². The zero-order valence-corrected chi connectivity index (χ0v) is 18.6. The summed E-state index contributed by atoms with van der Waals surface area (Å²) in [7, 11) is 1.76. The van der Waals surface area contributed by atoms with Gasteiger partial charge in [0.25, 0.3) is 0 Å². The fourth-order valence-electron chi connectivity index (χ4n) is 3.08. The SMILES string of the molecule is CN=C(NCCOc1ccccc1)NCc1cccnc1OC1CCCC1.I. The van der Waals surface area contributed by atoms with Gasteiger partial charge >= 0.3 is 0 Å². The van der Waals surface area contributed by atoms with Crippen molar-refractivity contribution in [1.82, 2.24) is 15.6 Å². The lowest BCUT2D eigenvalue weighted by Gasteiger charge is -2.17. The van der Waals surface area contributed by atoms with E-state index in [-0.39, 0.29) is 24.0 Å². The molecule has 1 fully saturated rings. The molecule has 0 amide bonds. The molecule has 1 aliphatic carbocycles. The minimum atomic E-state index is 0. The largest absolute Gasteiger partial charge is 0.492 e. The van der Waals surface area contributed by atoms with Crippen LogP contribution in [0.15, 0.2) is 53.7 Å². The van der Waals surface area contributed by atoms with Gasteiger partial charge in [0.15, 0.2) is 5.96 Å². The van der Waals surface area contributed by atoms with Crippen LogP contribution in [-0.4, -0.2) is 37.2 Å². The molecule has 152 valence electrons. The van der Waals surface area contributed by atoms with Crippen LogP contribution in [-0.2, 0) is 6.54 Å². The van der Waals surface area contributed by atoms with Crippen LogP contribution in [0.2, 0.25) is 0 Å². The first-order valence-corrected chi connectivity index (χ1v) is 9.58. The van der Waals surface area contributed by atoms with E-state index in [0.717, 1.165) is 36.0 Å². The van der Waals surface area contributed by atoms with Gasteiger partial charge in [-0.15, -0.1) is 24.0 Å². The maximum atomic E-state index is 6.09. The number of halogens is 1. The minimum absolute atomic E-state index is 0. The molecule has 1 aromatic carbocycles. The zero-order chi connectivity index (χ0) is 18.7. The number of hydrogen-bond acceptors (Lipinski definition) is 4. The standard InChI is InChI=1S/C21H28N4O2.HI/c1-22-21(24-14-15-26-18-9-3-2-4-10-18)25-16-17-8-7-13-23-20(17)27-19-11-5-6-12-19;/h2-4,7-10,13,19H,5-6,11-12,14-16H2,1H3,(H2,22,24,25);1H. The molecule has 6 nitrogen and oxygen atoms in total. The molecular weight excluding hydrogens is 467 g/mol. The third-order valence-electron chi connectivity index (χ3n) is 4.51. The first-order chi connectivity index (χ1) is 13.3.